The molecule has 2 rings (SSSR count). The van der Waals surface area contributed by atoms with Gasteiger partial charge in [0.15, 0.2) is 0 Å². The van der Waals surface area contributed by atoms with Crippen LogP contribution in [0.25, 0.3) is 0 Å². The van der Waals surface area contributed by atoms with Gasteiger partial charge in [-0.1, -0.05) is 41.5 Å². The van der Waals surface area contributed by atoms with Crippen molar-refractivity contribution in [1.29, 1.82) is 0 Å². The second kappa shape index (κ2) is 21.0. The molecule has 0 heterocycles. The Hall–Kier alpha value is -3.00. The second-order valence-corrected chi connectivity index (χ2v) is 18.3. The molecule has 2 aliphatic carbocycles. The van der Waals surface area contributed by atoms with Crippen LogP contribution in [0.1, 0.15) is 106 Å². The third-order valence-corrected chi connectivity index (χ3v) is 10.0. The zero-order valence-corrected chi connectivity index (χ0v) is 34.2. The van der Waals surface area contributed by atoms with Crippen LogP contribution in [-0.2, 0) is 9.47 Å². The van der Waals surface area contributed by atoms with E-state index < -0.39 is 12.2 Å². The van der Waals surface area contributed by atoms with Crippen LogP contribution < -0.4 is 31.9 Å². The van der Waals surface area contributed by atoms with E-state index in [-0.39, 0.29) is 59.0 Å². The van der Waals surface area contributed by atoms with Crippen molar-refractivity contribution >= 4 is 24.2 Å². The topological polar surface area (TPSA) is 165 Å². The molecule has 14 nitrogen and oxygen atoms in total. The number of amides is 6. The van der Waals surface area contributed by atoms with Crippen LogP contribution >= 0.6 is 0 Å². The van der Waals surface area contributed by atoms with Gasteiger partial charge >= 0.3 is 24.2 Å². The first kappa shape index (κ1) is 45.2. The third-order valence-electron chi connectivity index (χ3n) is 10.0. The van der Waals surface area contributed by atoms with Crippen molar-refractivity contribution in [2.45, 2.75) is 118 Å². The van der Waals surface area contributed by atoms with E-state index in [1.807, 2.05) is 28.2 Å². The number of urea groups is 2. The molecule has 2 saturated carbocycles. The third kappa shape index (κ3) is 19.2. The van der Waals surface area contributed by atoms with E-state index in [4.69, 9.17) is 9.47 Å². The number of alkyl carbamates (subject to hydrolysis) is 2. The van der Waals surface area contributed by atoms with Crippen LogP contribution in [-0.4, -0.2) is 127 Å². The van der Waals surface area contributed by atoms with Gasteiger partial charge in [-0.05, 0) is 127 Å². The molecular formula is C38H74N8O6. The van der Waals surface area contributed by atoms with Gasteiger partial charge in [0.2, 0.25) is 0 Å². The van der Waals surface area contributed by atoms with E-state index in [9.17, 15) is 19.2 Å². The lowest BCUT2D eigenvalue weighted by Crippen LogP contribution is -2.52. The maximum absolute atomic E-state index is 12.5. The number of rotatable bonds is 19. The average Bonchev–Trinajstić information content (AvgIpc) is 2.99. The van der Waals surface area contributed by atoms with E-state index in [1.54, 1.807) is 0 Å². The lowest BCUT2D eigenvalue weighted by atomic mass is 9.62. The maximum atomic E-state index is 12.5. The molecule has 302 valence electrons. The first-order valence-electron chi connectivity index (χ1n) is 19.4. The smallest absolute Gasteiger partial charge is 0.407 e. The predicted octanol–water partition coefficient (Wildman–Crippen LogP) is 4.89. The Balaban J connectivity index is 1.64. The number of hydrogen-bond donors (Lipinski definition) is 6. The van der Waals surface area contributed by atoms with Gasteiger partial charge in [0, 0.05) is 38.3 Å². The minimum atomic E-state index is -0.468. The van der Waals surface area contributed by atoms with Gasteiger partial charge < -0.3 is 51.2 Å². The summed E-state index contributed by atoms with van der Waals surface area (Å²) in [5.74, 6) is 0. The molecule has 14 heteroatoms. The van der Waals surface area contributed by atoms with E-state index in [1.165, 1.54) is 0 Å². The van der Waals surface area contributed by atoms with Gasteiger partial charge in [0.1, 0.15) is 0 Å². The molecule has 6 amide bonds. The quantitative estimate of drug-likeness (QED) is 0.102. The molecule has 6 N–H and O–H groups in total. The van der Waals surface area contributed by atoms with E-state index in [0.29, 0.717) is 39.0 Å². The number of carbonyl (C=O) groups is 4. The largest absolute Gasteiger partial charge is 0.450 e. The standard InChI is InChI=1S/C38H74N8O6/c1-35(2)21-29(43-31(47)39-15-13-17-45(7)8)23-37(5,25-35)27-41-33(49)51-19-11-12-20-52-34(50)42-28-38(6)24-30(22-36(3,4)26-38)44-32(48)40-16-14-18-46(9)10/h29-30H,11-28H2,1-10H3,(H,41,49)(H,42,50)(H2,39,43,47)(H2,40,44,48). The second-order valence-electron chi connectivity index (χ2n) is 18.3. The molecule has 0 aliphatic heterocycles. The monoisotopic (exact) mass is 739 g/mol. The van der Waals surface area contributed by atoms with Gasteiger partial charge in [-0.3, -0.25) is 0 Å². The summed E-state index contributed by atoms with van der Waals surface area (Å²) in [7, 11) is 8.06. The van der Waals surface area contributed by atoms with Crippen LogP contribution in [0.15, 0.2) is 0 Å². The maximum Gasteiger partial charge on any atom is 0.407 e. The van der Waals surface area contributed by atoms with Crippen molar-refractivity contribution in [3.63, 3.8) is 0 Å². The van der Waals surface area contributed by atoms with Crippen LogP contribution in [0.3, 0.4) is 0 Å². The molecule has 52 heavy (non-hydrogen) atoms. The molecule has 4 atom stereocenters. The fraction of sp³-hybridized carbons (Fsp3) is 0.895. The van der Waals surface area contributed by atoms with Crippen LogP contribution in [0.2, 0.25) is 0 Å². The van der Waals surface area contributed by atoms with Crippen molar-refractivity contribution in [3.05, 3.63) is 0 Å². The number of ether oxygens (including phenoxy) is 2. The van der Waals surface area contributed by atoms with Crippen molar-refractivity contribution in [2.75, 3.05) is 80.7 Å². The summed E-state index contributed by atoms with van der Waals surface area (Å²) in [6.07, 6.45) is 7.12. The Morgan fingerprint density at radius 3 is 1.27 bits per heavy atom. The number of hydrogen-bond acceptors (Lipinski definition) is 8. The number of nitrogens with one attached hydrogen (secondary N) is 6. The zero-order chi connectivity index (χ0) is 39.0. The number of nitrogens with zero attached hydrogens (tertiary/aromatic N) is 2. The average molecular weight is 739 g/mol. The van der Waals surface area contributed by atoms with Gasteiger partial charge in [-0.2, -0.15) is 0 Å². The van der Waals surface area contributed by atoms with Crippen LogP contribution in [0.5, 0.6) is 0 Å². The van der Waals surface area contributed by atoms with Crippen LogP contribution in [0, 0.1) is 21.7 Å². The summed E-state index contributed by atoms with van der Waals surface area (Å²) in [6, 6.07) is -0.249. The highest BCUT2D eigenvalue weighted by atomic mass is 16.6. The molecule has 4 unspecified atom stereocenters. The first-order valence-corrected chi connectivity index (χ1v) is 19.4. The highest BCUT2D eigenvalue weighted by molar-refractivity contribution is 5.74. The van der Waals surface area contributed by atoms with Crippen molar-refractivity contribution in [3.8, 4) is 0 Å². The predicted molar refractivity (Wildman–Crippen MR) is 206 cm³/mol. The molecule has 0 radical (unpaired) electrons. The van der Waals surface area contributed by atoms with Crippen LogP contribution in [0.4, 0.5) is 19.2 Å². The minimum absolute atomic E-state index is 0.0154. The van der Waals surface area contributed by atoms with Gasteiger partial charge in [0.25, 0.3) is 0 Å². The Morgan fingerprint density at radius 1 is 0.558 bits per heavy atom. The lowest BCUT2D eigenvalue weighted by molar-refractivity contribution is 0.0678. The molecule has 0 saturated heterocycles. The first-order chi connectivity index (χ1) is 24.2. The van der Waals surface area contributed by atoms with E-state index in [0.717, 1.165) is 64.5 Å². The summed E-state index contributed by atoms with van der Waals surface area (Å²) in [5, 5.41) is 18.1. The Kier molecular flexibility index (Phi) is 18.3. The molecule has 0 spiro atoms. The molecular weight excluding hydrogens is 664 g/mol. The Bertz CT molecular complexity index is 1050. The summed E-state index contributed by atoms with van der Waals surface area (Å²) < 4.78 is 10.8. The summed E-state index contributed by atoms with van der Waals surface area (Å²) in [5.41, 5.74) is -0.344. The van der Waals surface area contributed by atoms with Gasteiger partial charge in [0.05, 0.1) is 13.2 Å². The summed E-state index contributed by atoms with van der Waals surface area (Å²) in [6.45, 7) is 17.6. The fourth-order valence-corrected chi connectivity index (χ4v) is 8.62. The molecule has 0 aromatic heterocycles. The highest BCUT2D eigenvalue weighted by Gasteiger charge is 2.43. The minimum Gasteiger partial charge on any atom is -0.450 e. The number of carbonyl (C=O) groups excluding carboxylic acids is 4. The van der Waals surface area contributed by atoms with E-state index in [2.05, 4.69) is 83.2 Å². The molecule has 0 bridgehead atoms. The number of unbranched alkanes of at least 4 members (excludes halogenated alkanes) is 1. The zero-order valence-electron chi connectivity index (χ0n) is 34.2. The Morgan fingerprint density at radius 2 is 0.923 bits per heavy atom. The van der Waals surface area contributed by atoms with Crippen molar-refractivity contribution < 1.29 is 28.7 Å². The lowest BCUT2D eigenvalue weighted by Gasteiger charge is -2.46. The van der Waals surface area contributed by atoms with Crippen molar-refractivity contribution in [2.24, 2.45) is 21.7 Å². The summed E-state index contributed by atoms with van der Waals surface area (Å²) >= 11 is 0. The summed E-state index contributed by atoms with van der Waals surface area (Å²) in [4.78, 5) is 54.3. The van der Waals surface area contributed by atoms with Gasteiger partial charge in [-0.15, -0.1) is 0 Å². The molecule has 2 aliphatic rings. The highest BCUT2D eigenvalue weighted by Crippen LogP contribution is 2.46. The van der Waals surface area contributed by atoms with Gasteiger partial charge in [-0.25, -0.2) is 19.2 Å². The van der Waals surface area contributed by atoms with E-state index >= 15 is 0 Å². The fourth-order valence-electron chi connectivity index (χ4n) is 8.62. The molecule has 2 fully saturated rings. The molecule has 0 aromatic carbocycles. The SMILES string of the molecule is CN(C)CCCNC(=O)NC1CC(C)(C)CC(C)(CNC(=O)OCCCCOC(=O)NCC2(C)CC(NC(=O)NCCCN(C)C)CC(C)(C)C2)C1. The molecule has 0 aromatic rings. The van der Waals surface area contributed by atoms with Crippen molar-refractivity contribution in [1.82, 2.24) is 41.7 Å². The Labute approximate surface area is 314 Å². The normalized spacial score (nSPS) is 25.2.